The van der Waals surface area contributed by atoms with Crippen molar-refractivity contribution in [1.82, 2.24) is 15.3 Å². The average molecular weight is 413 g/mol. The molecule has 1 atom stereocenters. The third-order valence-corrected chi connectivity index (χ3v) is 3.61. The number of benzene rings is 1. The molecule has 1 amide bonds. The topological polar surface area (TPSA) is 160 Å². The maximum absolute atomic E-state index is 11.8. The number of nitrogens with one attached hydrogen (secondary N) is 1. The summed E-state index contributed by atoms with van der Waals surface area (Å²) in [6, 6.07) is 8.47. The van der Waals surface area contributed by atoms with Crippen LogP contribution in [0.1, 0.15) is 43.6 Å². The smallest absolute Gasteiger partial charge is 0.407 e. The number of nitrogens with zero attached hydrogens (tertiary/aromatic N) is 3. The Morgan fingerprint density at radius 3 is 2.63 bits per heavy atom. The Kier molecular flexibility index (Phi) is 6.79. The molecule has 0 saturated carbocycles. The van der Waals surface area contributed by atoms with E-state index < -0.39 is 23.8 Å². The lowest BCUT2D eigenvalue weighted by molar-refractivity contribution is 0.0500. The van der Waals surface area contributed by atoms with Crippen molar-refractivity contribution in [2.45, 2.75) is 39.4 Å². The maximum Gasteiger partial charge on any atom is 0.407 e. The number of nitrogen functional groups attached to an aromatic ring is 1. The number of aromatic nitrogens is 2. The maximum atomic E-state index is 11.8. The van der Waals surface area contributed by atoms with Gasteiger partial charge in [-0.15, -0.1) is 0 Å². The molecular weight excluding hydrogens is 390 g/mol. The summed E-state index contributed by atoms with van der Waals surface area (Å²) >= 11 is 0. The van der Waals surface area contributed by atoms with Gasteiger partial charge in [-0.05, 0) is 39.8 Å². The number of rotatable bonds is 6. The van der Waals surface area contributed by atoms with Crippen LogP contribution in [0.15, 0.2) is 24.3 Å². The van der Waals surface area contributed by atoms with Crippen molar-refractivity contribution in [3.8, 4) is 23.3 Å². The van der Waals surface area contributed by atoms with Crippen molar-refractivity contribution in [2.75, 3.05) is 12.3 Å². The van der Waals surface area contributed by atoms with Crippen molar-refractivity contribution >= 4 is 17.9 Å². The molecule has 0 unspecified atom stereocenters. The molecule has 1 heterocycles. The van der Waals surface area contributed by atoms with Crippen LogP contribution in [0.4, 0.5) is 10.6 Å². The number of amides is 1. The van der Waals surface area contributed by atoms with Gasteiger partial charge in [0.25, 0.3) is 0 Å². The first-order valence-electron chi connectivity index (χ1n) is 9.05. The molecule has 0 fully saturated rings. The second-order valence-corrected chi connectivity index (χ2v) is 7.42. The number of ether oxygens (including phenoxy) is 2. The van der Waals surface area contributed by atoms with Crippen LogP contribution in [0, 0.1) is 11.3 Å². The zero-order chi connectivity index (χ0) is 22.5. The second-order valence-electron chi connectivity index (χ2n) is 7.42. The Morgan fingerprint density at radius 1 is 1.33 bits per heavy atom. The van der Waals surface area contributed by atoms with E-state index in [9.17, 15) is 14.7 Å². The van der Waals surface area contributed by atoms with E-state index in [1.54, 1.807) is 52.0 Å². The Hall–Kier alpha value is -3.87. The highest BCUT2D eigenvalue weighted by Gasteiger charge is 2.23. The van der Waals surface area contributed by atoms with Gasteiger partial charge >= 0.3 is 12.1 Å². The first-order chi connectivity index (χ1) is 14.0. The molecule has 0 aliphatic rings. The molecular formula is C20H23N5O5. The minimum Gasteiger partial charge on any atom is -0.477 e. The Morgan fingerprint density at radius 2 is 2.03 bits per heavy atom. The highest BCUT2D eigenvalue weighted by atomic mass is 16.6. The minimum atomic E-state index is -1.35. The molecule has 0 aliphatic heterocycles. The fraction of sp³-hybridized carbons (Fsp3) is 0.350. The number of anilines is 1. The van der Waals surface area contributed by atoms with Gasteiger partial charge in [-0.2, -0.15) is 10.2 Å². The fourth-order valence-corrected chi connectivity index (χ4v) is 2.37. The lowest BCUT2D eigenvalue weighted by Gasteiger charge is -2.21. The van der Waals surface area contributed by atoms with E-state index in [1.165, 1.54) is 0 Å². The quantitative estimate of drug-likeness (QED) is 0.646. The van der Waals surface area contributed by atoms with Crippen LogP contribution in [-0.4, -0.2) is 45.4 Å². The summed E-state index contributed by atoms with van der Waals surface area (Å²) in [6.07, 6.45) is -1.28. The van der Waals surface area contributed by atoms with Crippen LogP contribution in [0.25, 0.3) is 11.4 Å². The summed E-state index contributed by atoms with van der Waals surface area (Å²) in [4.78, 5) is 31.6. The summed E-state index contributed by atoms with van der Waals surface area (Å²) < 4.78 is 10.8. The SMILES string of the molecule is C[C@@H](CNC(=O)OC(C)(C)C)Oc1nc(-c2cccc(C#N)c2)nc(N)c1C(=O)O. The van der Waals surface area contributed by atoms with Crippen LogP contribution >= 0.6 is 0 Å². The predicted molar refractivity (Wildman–Crippen MR) is 108 cm³/mol. The van der Waals surface area contributed by atoms with E-state index >= 15 is 0 Å². The van der Waals surface area contributed by atoms with E-state index in [0.717, 1.165) is 0 Å². The van der Waals surface area contributed by atoms with Gasteiger partial charge < -0.3 is 25.6 Å². The zero-order valence-corrected chi connectivity index (χ0v) is 17.1. The fourth-order valence-electron chi connectivity index (χ4n) is 2.37. The lowest BCUT2D eigenvalue weighted by atomic mass is 10.1. The van der Waals surface area contributed by atoms with Crippen LogP contribution < -0.4 is 15.8 Å². The summed E-state index contributed by atoms with van der Waals surface area (Å²) in [5.41, 5.74) is 5.65. The molecule has 0 aliphatic carbocycles. The van der Waals surface area contributed by atoms with Crippen molar-refractivity contribution in [3.63, 3.8) is 0 Å². The Balaban J connectivity index is 2.27. The summed E-state index contributed by atoms with van der Waals surface area (Å²) in [7, 11) is 0. The molecule has 1 aromatic heterocycles. The molecule has 4 N–H and O–H groups in total. The van der Waals surface area contributed by atoms with Gasteiger partial charge in [0, 0.05) is 5.56 Å². The summed E-state index contributed by atoms with van der Waals surface area (Å²) in [5.74, 6) is -1.77. The zero-order valence-electron chi connectivity index (χ0n) is 17.1. The third kappa shape index (κ3) is 6.07. The van der Waals surface area contributed by atoms with Gasteiger partial charge in [-0.25, -0.2) is 14.6 Å². The van der Waals surface area contributed by atoms with E-state index in [1.807, 2.05) is 6.07 Å². The normalized spacial score (nSPS) is 11.8. The number of carbonyl (C=O) groups is 2. The molecule has 0 bridgehead atoms. The van der Waals surface area contributed by atoms with E-state index in [2.05, 4.69) is 15.3 Å². The molecule has 10 heteroatoms. The number of nitrogens with two attached hydrogens (primary N) is 1. The molecule has 10 nitrogen and oxygen atoms in total. The average Bonchev–Trinajstić information content (AvgIpc) is 2.64. The molecule has 2 aromatic rings. The van der Waals surface area contributed by atoms with Crippen molar-refractivity contribution < 1.29 is 24.2 Å². The van der Waals surface area contributed by atoms with Gasteiger partial charge in [-0.3, -0.25) is 0 Å². The van der Waals surface area contributed by atoms with Crippen molar-refractivity contribution in [1.29, 1.82) is 5.26 Å². The molecule has 158 valence electrons. The van der Waals surface area contributed by atoms with E-state index in [-0.39, 0.29) is 29.6 Å². The predicted octanol–water partition coefficient (Wildman–Crippen LogP) is 2.59. The highest BCUT2D eigenvalue weighted by molar-refractivity contribution is 5.95. The highest BCUT2D eigenvalue weighted by Crippen LogP contribution is 2.27. The minimum absolute atomic E-state index is 0.0388. The van der Waals surface area contributed by atoms with E-state index in [4.69, 9.17) is 20.5 Å². The number of nitriles is 1. The van der Waals surface area contributed by atoms with Gasteiger partial charge in [0.05, 0.1) is 18.2 Å². The molecule has 1 aromatic carbocycles. The van der Waals surface area contributed by atoms with Gasteiger partial charge in [0.15, 0.2) is 11.4 Å². The van der Waals surface area contributed by atoms with Crippen molar-refractivity contribution in [3.05, 3.63) is 35.4 Å². The third-order valence-electron chi connectivity index (χ3n) is 3.61. The Labute approximate surface area is 173 Å². The molecule has 0 radical (unpaired) electrons. The Bertz CT molecular complexity index is 994. The van der Waals surface area contributed by atoms with Gasteiger partial charge in [0.1, 0.15) is 17.5 Å². The molecule has 0 spiro atoms. The van der Waals surface area contributed by atoms with E-state index in [0.29, 0.717) is 11.1 Å². The van der Waals surface area contributed by atoms with Crippen LogP contribution in [-0.2, 0) is 4.74 Å². The largest absolute Gasteiger partial charge is 0.477 e. The number of alkyl carbamates (subject to hydrolysis) is 1. The first kappa shape index (κ1) is 22.4. The number of carboxylic acid groups (broad SMARTS) is 1. The lowest BCUT2D eigenvalue weighted by Crippen LogP contribution is -2.38. The van der Waals surface area contributed by atoms with Crippen LogP contribution in [0.5, 0.6) is 5.88 Å². The number of hydrogen-bond donors (Lipinski definition) is 3. The first-order valence-corrected chi connectivity index (χ1v) is 9.05. The summed E-state index contributed by atoms with van der Waals surface area (Å²) in [5, 5.41) is 21.1. The molecule has 2 rings (SSSR count). The standard InChI is InChI=1S/C20H23N5O5/c1-11(10-23-19(28)30-20(2,3)4)29-17-14(18(26)27)15(22)24-16(25-17)13-7-5-6-12(8-13)9-21/h5-8,11H,10H2,1-4H3,(H,23,28)(H,26,27)(H2,22,24,25)/t11-/m0/s1. The van der Waals surface area contributed by atoms with Crippen molar-refractivity contribution in [2.24, 2.45) is 0 Å². The summed E-state index contributed by atoms with van der Waals surface area (Å²) in [6.45, 7) is 6.86. The van der Waals surface area contributed by atoms with Crippen LogP contribution in [0.3, 0.4) is 0 Å². The van der Waals surface area contributed by atoms with Gasteiger partial charge in [0.2, 0.25) is 5.88 Å². The monoisotopic (exact) mass is 413 g/mol. The van der Waals surface area contributed by atoms with Crippen LogP contribution in [0.2, 0.25) is 0 Å². The second kappa shape index (κ2) is 9.09. The number of aromatic carboxylic acids is 1. The molecule has 0 saturated heterocycles. The number of carbonyl (C=O) groups excluding carboxylic acids is 1. The number of carboxylic acids is 1. The number of hydrogen-bond acceptors (Lipinski definition) is 8. The van der Waals surface area contributed by atoms with Gasteiger partial charge in [-0.1, -0.05) is 12.1 Å². The molecule has 30 heavy (non-hydrogen) atoms.